The van der Waals surface area contributed by atoms with Crippen molar-refractivity contribution in [1.29, 1.82) is 0 Å². The summed E-state index contributed by atoms with van der Waals surface area (Å²) < 4.78 is 24.2. The van der Waals surface area contributed by atoms with E-state index in [0.717, 1.165) is 16.7 Å². The van der Waals surface area contributed by atoms with Crippen molar-refractivity contribution in [2.24, 2.45) is 5.10 Å². The first-order valence-electron chi connectivity index (χ1n) is 12.4. The Labute approximate surface area is 236 Å². The van der Waals surface area contributed by atoms with Crippen LogP contribution >= 0.6 is 15.9 Å². The Morgan fingerprint density at radius 2 is 1.54 bits per heavy atom. The molecule has 200 valence electrons. The number of ether oxygens (including phenoxy) is 4. The highest BCUT2D eigenvalue weighted by atomic mass is 79.9. The van der Waals surface area contributed by atoms with E-state index in [1.165, 1.54) is 0 Å². The second-order valence-electron chi connectivity index (χ2n) is 8.38. The molecule has 0 spiro atoms. The van der Waals surface area contributed by atoms with Crippen molar-refractivity contribution >= 4 is 28.1 Å². The van der Waals surface area contributed by atoms with E-state index in [1.807, 2.05) is 73.7 Å². The Kier molecular flexibility index (Phi) is 9.97. The van der Waals surface area contributed by atoms with E-state index in [2.05, 4.69) is 26.5 Å². The molecule has 4 aromatic carbocycles. The molecule has 0 heterocycles. The van der Waals surface area contributed by atoms with Gasteiger partial charge in [0.15, 0.2) is 23.0 Å². The van der Waals surface area contributed by atoms with Gasteiger partial charge in [0.1, 0.15) is 13.2 Å². The van der Waals surface area contributed by atoms with Crippen LogP contribution in [-0.2, 0) is 13.2 Å². The number of nitrogens with one attached hydrogen (secondary N) is 1. The van der Waals surface area contributed by atoms with Crippen LogP contribution in [0.3, 0.4) is 0 Å². The Hall–Kier alpha value is -4.30. The van der Waals surface area contributed by atoms with E-state index in [0.29, 0.717) is 46.2 Å². The fourth-order valence-corrected chi connectivity index (χ4v) is 4.27. The van der Waals surface area contributed by atoms with E-state index >= 15 is 0 Å². The SMILES string of the molecule is CCOc1cc(/C=N/NC(=O)c2ccccc2)cc(Br)c1OCc1ccc(OCc2ccccc2)c(OC)c1. The minimum Gasteiger partial charge on any atom is -0.493 e. The van der Waals surface area contributed by atoms with Crippen molar-refractivity contribution in [2.75, 3.05) is 13.7 Å². The molecule has 39 heavy (non-hydrogen) atoms. The van der Waals surface area contributed by atoms with Gasteiger partial charge in [-0.05, 0) is 75.9 Å². The molecular weight excluding hydrogens is 560 g/mol. The second-order valence-corrected chi connectivity index (χ2v) is 9.23. The summed E-state index contributed by atoms with van der Waals surface area (Å²) in [5, 5.41) is 4.08. The van der Waals surface area contributed by atoms with Crippen LogP contribution in [0, 0.1) is 0 Å². The monoisotopic (exact) mass is 588 g/mol. The molecule has 0 aliphatic carbocycles. The van der Waals surface area contributed by atoms with Gasteiger partial charge in [-0.3, -0.25) is 4.79 Å². The molecule has 8 heteroatoms. The average Bonchev–Trinajstić information content (AvgIpc) is 2.97. The summed E-state index contributed by atoms with van der Waals surface area (Å²) >= 11 is 3.58. The Morgan fingerprint density at radius 3 is 2.26 bits per heavy atom. The molecule has 0 bridgehead atoms. The zero-order valence-corrected chi connectivity index (χ0v) is 23.3. The lowest BCUT2D eigenvalue weighted by Crippen LogP contribution is -2.17. The number of hydrogen-bond acceptors (Lipinski definition) is 6. The number of halogens is 1. The van der Waals surface area contributed by atoms with E-state index in [-0.39, 0.29) is 12.5 Å². The number of methoxy groups -OCH3 is 1. The number of carbonyl (C=O) groups is 1. The summed E-state index contributed by atoms with van der Waals surface area (Å²) in [6.45, 7) is 3.09. The molecule has 0 aliphatic rings. The predicted molar refractivity (Wildman–Crippen MR) is 155 cm³/mol. The maximum Gasteiger partial charge on any atom is 0.271 e. The lowest BCUT2D eigenvalue weighted by Gasteiger charge is -2.16. The van der Waals surface area contributed by atoms with Gasteiger partial charge >= 0.3 is 0 Å². The Bertz CT molecular complexity index is 1410. The van der Waals surface area contributed by atoms with Crippen LogP contribution in [0.4, 0.5) is 0 Å². The second kappa shape index (κ2) is 14.0. The largest absolute Gasteiger partial charge is 0.493 e. The third-order valence-corrected chi connectivity index (χ3v) is 6.18. The van der Waals surface area contributed by atoms with Gasteiger partial charge in [0.05, 0.1) is 24.4 Å². The number of amides is 1. The van der Waals surface area contributed by atoms with Crippen LogP contribution in [-0.4, -0.2) is 25.8 Å². The standard InChI is InChI=1S/C31H29BrN2O5/c1-3-37-29-18-24(19-33-34-31(35)25-12-8-5-9-13-25)16-26(32)30(29)39-21-23-14-15-27(28(17-23)36-2)38-20-22-10-6-4-7-11-22/h4-19H,3,20-21H2,1-2H3,(H,34,35)/b33-19+. The van der Waals surface area contributed by atoms with Crippen LogP contribution in [0.1, 0.15) is 34.0 Å². The van der Waals surface area contributed by atoms with Gasteiger partial charge in [-0.1, -0.05) is 54.6 Å². The maximum absolute atomic E-state index is 12.2. The zero-order chi connectivity index (χ0) is 27.5. The number of hydrogen-bond donors (Lipinski definition) is 1. The molecule has 0 saturated heterocycles. The van der Waals surface area contributed by atoms with Crippen molar-refractivity contribution in [3.63, 3.8) is 0 Å². The summed E-state index contributed by atoms with van der Waals surface area (Å²) in [7, 11) is 1.61. The van der Waals surface area contributed by atoms with E-state index in [1.54, 1.807) is 37.6 Å². The van der Waals surface area contributed by atoms with Crippen molar-refractivity contribution in [3.05, 3.63) is 118 Å². The van der Waals surface area contributed by atoms with Gasteiger partial charge in [0.25, 0.3) is 5.91 Å². The van der Waals surface area contributed by atoms with Crippen molar-refractivity contribution < 1.29 is 23.7 Å². The third-order valence-electron chi connectivity index (χ3n) is 5.60. The van der Waals surface area contributed by atoms with Crippen LogP contribution in [0.5, 0.6) is 23.0 Å². The van der Waals surface area contributed by atoms with Crippen LogP contribution in [0.2, 0.25) is 0 Å². The normalized spacial score (nSPS) is 10.7. The molecule has 4 aromatic rings. The van der Waals surface area contributed by atoms with Crippen molar-refractivity contribution in [1.82, 2.24) is 5.43 Å². The van der Waals surface area contributed by atoms with Crippen molar-refractivity contribution in [3.8, 4) is 23.0 Å². The van der Waals surface area contributed by atoms with E-state index in [4.69, 9.17) is 18.9 Å². The van der Waals surface area contributed by atoms with Gasteiger partial charge in [-0.15, -0.1) is 0 Å². The molecule has 0 aromatic heterocycles. The van der Waals surface area contributed by atoms with Crippen LogP contribution in [0.15, 0.2) is 101 Å². The molecule has 1 N–H and O–H groups in total. The van der Waals surface area contributed by atoms with Gasteiger partial charge in [0.2, 0.25) is 0 Å². The third kappa shape index (κ3) is 7.85. The Balaban J connectivity index is 1.42. The molecule has 0 radical (unpaired) electrons. The number of hydrazone groups is 1. The summed E-state index contributed by atoms with van der Waals surface area (Å²) in [5.74, 6) is 2.11. The number of carbonyl (C=O) groups excluding carboxylic acids is 1. The van der Waals surface area contributed by atoms with Crippen LogP contribution in [0.25, 0.3) is 0 Å². The summed E-state index contributed by atoms with van der Waals surface area (Å²) in [4.78, 5) is 12.2. The minimum absolute atomic E-state index is 0.286. The fourth-order valence-electron chi connectivity index (χ4n) is 3.70. The fraction of sp³-hybridized carbons (Fsp3) is 0.161. The number of benzene rings is 4. The first kappa shape index (κ1) is 27.7. The first-order valence-corrected chi connectivity index (χ1v) is 13.2. The maximum atomic E-state index is 12.2. The summed E-state index contributed by atoms with van der Waals surface area (Å²) in [6.07, 6.45) is 1.55. The predicted octanol–water partition coefficient (Wildman–Crippen LogP) is 6.78. The number of rotatable bonds is 12. The highest BCUT2D eigenvalue weighted by molar-refractivity contribution is 9.10. The van der Waals surface area contributed by atoms with E-state index < -0.39 is 0 Å². The molecule has 4 rings (SSSR count). The quantitative estimate of drug-likeness (QED) is 0.146. The highest BCUT2D eigenvalue weighted by Crippen LogP contribution is 2.38. The van der Waals surface area contributed by atoms with Gasteiger partial charge in [0, 0.05) is 5.56 Å². The molecule has 7 nitrogen and oxygen atoms in total. The molecule has 0 aliphatic heterocycles. The number of nitrogens with zero attached hydrogens (tertiary/aromatic N) is 1. The van der Waals surface area contributed by atoms with Crippen molar-refractivity contribution in [2.45, 2.75) is 20.1 Å². The topological polar surface area (TPSA) is 78.4 Å². The van der Waals surface area contributed by atoms with Gasteiger partial charge < -0.3 is 18.9 Å². The molecule has 0 atom stereocenters. The van der Waals surface area contributed by atoms with Gasteiger partial charge in [-0.25, -0.2) is 5.43 Å². The summed E-state index contributed by atoms with van der Waals surface area (Å²) in [6, 6.07) is 28.2. The molecule has 0 unspecified atom stereocenters. The van der Waals surface area contributed by atoms with Crippen LogP contribution < -0.4 is 24.4 Å². The molecular formula is C31H29BrN2O5. The highest BCUT2D eigenvalue weighted by Gasteiger charge is 2.14. The molecule has 1 amide bonds. The zero-order valence-electron chi connectivity index (χ0n) is 21.7. The first-order chi connectivity index (χ1) is 19.1. The van der Waals surface area contributed by atoms with E-state index in [9.17, 15) is 4.79 Å². The lowest BCUT2D eigenvalue weighted by molar-refractivity contribution is 0.0955. The van der Waals surface area contributed by atoms with Gasteiger partial charge in [-0.2, -0.15) is 5.10 Å². The minimum atomic E-state index is -0.289. The molecule has 0 saturated carbocycles. The lowest BCUT2D eigenvalue weighted by atomic mass is 10.2. The Morgan fingerprint density at radius 1 is 0.821 bits per heavy atom. The summed E-state index contributed by atoms with van der Waals surface area (Å²) in [5.41, 5.74) is 5.77. The smallest absolute Gasteiger partial charge is 0.271 e. The average molecular weight is 589 g/mol. The molecule has 0 fully saturated rings.